The monoisotopic (exact) mass is 437 g/mol. The van der Waals surface area contributed by atoms with Gasteiger partial charge in [-0.05, 0) is 49.9 Å². The summed E-state index contributed by atoms with van der Waals surface area (Å²) in [6, 6.07) is 7.54. The van der Waals surface area contributed by atoms with Crippen molar-refractivity contribution >= 4 is 41.1 Å². The zero-order valence-corrected chi connectivity index (χ0v) is 17.3. The molecule has 2 aromatic heterocycles. The number of carbonyl (C=O) groups is 1. The van der Waals surface area contributed by atoms with E-state index in [9.17, 15) is 18.0 Å². The second-order valence-corrected chi connectivity index (χ2v) is 7.77. The zero-order valence-electron chi connectivity index (χ0n) is 17.3. The molecule has 1 saturated heterocycles. The lowest BCUT2D eigenvalue weighted by atomic mass is 9.45. The minimum absolute atomic E-state index is 0.0867. The van der Waals surface area contributed by atoms with Crippen LogP contribution in [0.15, 0.2) is 36.5 Å². The molecule has 0 bridgehead atoms. The van der Waals surface area contributed by atoms with E-state index in [1.165, 1.54) is 12.3 Å². The van der Waals surface area contributed by atoms with Crippen molar-refractivity contribution in [2.45, 2.75) is 25.7 Å². The van der Waals surface area contributed by atoms with Crippen LogP contribution in [0.2, 0.25) is 12.6 Å². The van der Waals surface area contributed by atoms with E-state index in [0.717, 1.165) is 6.07 Å². The van der Waals surface area contributed by atoms with Crippen LogP contribution in [0, 0.1) is 18.2 Å². The number of aromatic nitrogens is 2. The summed E-state index contributed by atoms with van der Waals surface area (Å²) in [5.41, 5.74) is 1.64. The molecule has 0 unspecified atom stereocenters. The van der Waals surface area contributed by atoms with E-state index in [2.05, 4.69) is 21.3 Å². The number of benzene rings is 1. The van der Waals surface area contributed by atoms with Crippen molar-refractivity contribution in [3.63, 3.8) is 0 Å². The quantitative estimate of drug-likeness (QED) is 0.463. The fourth-order valence-electron chi connectivity index (χ4n) is 3.91. The number of nitrogens with zero attached hydrogens (tertiary/aromatic N) is 4. The Morgan fingerprint density at radius 3 is 2.62 bits per heavy atom. The predicted octanol–water partition coefficient (Wildman–Crippen LogP) is 4.89. The first-order chi connectivity index (χ1) is 15.3. The number of nitriles is 1. The van der Waals surface area contributed by atoms with Gasteiger partial charge in [0.1, 0.15) is 5.52 Å². The largest absolute Gasteiger partial charge is 0.418 e. The summed E-state index contributed by atoms with van der Waals surface area (Å²) in [5, 5.41) is 12.0. The highest BCUT2D eigenvalue weighted by Crippen LogP contribution is 2.40. The molecule has 0 aliphatic carbocycles. The minimum atomic E-state index is -4.57. The number of alkyl halides is 3. The van der Waals surface area contributed by atoms with Crippen LogP contribution in [0.25, 0.3) is 11.0 Å². The molecule has 162 valence electrons. The maximum atomic E-state index is 13.9. The third-order valence-electron chi connectivity index (χ3n) is 5.60. The number of aryl methyl sites for hydroxylation is 1. The molecule has 32 heavy (non-hydrogen) atoms. The Morgan fingerprint density at radius 2 is 1.97 bits per heavy atom. The number of carbonyl (C=O) groups excluding carboxylic acids is 1. The lowest BCUT2D eigenvalue weighted by Crippen LogP contribution is -2.37. The van der Waals surface area contributed by atoms with Crippen LogP contribution in [0.3, 0.4) is 0 Å². The Bertz CT molecular complexity index is 1220. The number of nitrogens with one attached hydrogen (secondary N) is 1. The summed E-state index contributed by atoms with van der Waals surface area (Å²) >= 11 is 0. The number of fused-ring (bicyclic) bond motifs is 1. The van der Waals surface area contributed by atoms with E-state index in [1.807, 2.05) is 0 Å². The van der Waals surface area contributed by atoms with Gasteiger partial charge in [0.15, 0.2) is 6.29 Å². The number of anilines is 3. The molecule has 1 aliphatic heterocycles. The highest BCUT2D eigenvalue weighted by atomic mass is 19.4. The van der Waals surface area contributed by atoms with Crippen LogP contribution in [0.4, 0.5) is 30.2 Å². The van der Waals surface area contributed by atoms with Crippen molar-refractivity contribution in [1.29, 1.82) is 5.26 Å². The first-order valence-electron chi connectivity index (χ1n) is 10.1. The van der Waals surface area contributed by atoms with Gasteiger partial charge in [0.25, 0.3) is 6.71 Å². The molecule has 1 aliphatic rings. The second-order valence-electron chi connectivity index (χ2n) is 7.77. The predicted molar refractivity (Wildman–Crippen MR) is 118 cm³/mol. The molecule has 0 amide bonds. The standard InChI is InChI=1S/C22H19BF3N5O/c1-14-2-4-18-21(29-14)20(15(12-32)11-28-18)30-16-3-5-19(17(10-16)22(24,25)26)31-8-6-23(13-27)7-9-31/h2-5,10-12H,6-9H2,1H3,(H,28,30). The van der Waals surface area contributed by atoms with E-state index >= 15 is 0 Å². The van der Waals surface area contributed by atoms with E-state index in [4.69, 9.17) is 5.26 Å². The van der Waals surface area contributed by atoms with Crippen molar-refractivity contribution in [2.75, 3.05) is 23.3 Å². The van der Waals surface area contributed by atoms with Gasteiger partial charge in [-0.15, -0.1) is 0 Å². The molecule has 3 aromatic rings. The molecule has 0 atom stereocenters. The summed E-state index contributed by atoms with van der Waals surface area (Å²) in [6.45, 7) is 2.44. The molecular formula is C22H19BF3N5O. The molecule has 3 heterocycles. The molecule has 1 fully saturated rings. The molecule has 1 N–H and O–H groups in total. The Morgan fingerprint density at radius 1 is 1.22 bits per heavy atom. The van der Waals surface area contributed by atoms with E-state index in [1.54, 1.807) is 30.0 Å². The van der Waals surface area contributed by atoms with Gasteiger partial charge in [-0.2, -0.15) is 13.2 Å². The van der Waals surface area contributed by atoms with Crippen molar-refractivity contribution < 1.29 is 18.0 Å². The third kappa shape index (κ3) is 4.24. The molecule has 0 saturated carbocycles. The van der Waals surface area contributed by atoms with Crippen molar-refractivity contribution in [2.24, 2.45) is 0 Å². The molecule has 4 rings (SSSR count). The first-order valence-corrected chi connectivity index (χ1v) is 10.1. The SMILES string of the molecule is Cc1ccc2ncc(C=O)c(Nc3ccc(N4CCB(C#N)CC4)c(C(F)(F)F)c3)c2n1. The Hall–Kier alpha value is -3.61. The van der Waals surface area contributed by atoms with Gasteiger partial charge in [0.2, 0.25) is 0 Å². The number of halogens is 3. The Balaban J connectivity index is 1.74. The number of pyridine rings is 2. The summed E-state index contributed by atoms with van der Waals surface area (Å²) < 4.78 is 41.8. The topological polar surface area (TPSA) is 81.9 Å². The van der Waals surface area contributed by atoms with Gasteiger partial charge in [0.05, 0.1) is 22.3 Å². The van der Waals surface area contributed by atoms with Gasteiger partial charge >= 0.3 is 6.18 Å². The average molecular weight is 437 g/mol. The summed E-state index contributed by atoms with van der Waals surface area (Å²) in [6.07, 6.45) is -1.54. The van der Waals surface area contributed by atoms with Crippen LogP contribution >= 0.6 is 0 Å². The van der Waals surface area contributed by atoms with Crippen LogP contribution in [-0.4, -0.2) is 36.1 Å². The second kappa shape index (κ2) is 8.50. The summed E-state index contributed by atoms with van der Waals surface area (Å²) in [5.74, 6) is 2.19. The molecular weight excluding hydrogens is 418 g/mol. The summed E-state index contributed by atoms with van der Waals surface area (Å²) in [7, 11) is 0. The lowest BCUT2D eigenvalue weighted by molar-refractivity contribution is -0.137. The van der Waals surface area contributed by atoms with Crippen LogP contribution in [0.5, 0.6) is 0 Å². The Labute approximate surface area is 183 Å². The highest BCUT2D eigenvalue weighted by molar-refractivity contribution is 6.67. The van der Waals surface area contributed by atoms with Gasteiger partial charge in [-0.1, -0.05) is 0 Å². The fourth-order valence-corrected chi connectivity index (χ4v) is 3.91. The number of hydrogen-bond acceptors (Lipinski definition) is 6. The lowest BCUT2D eigenvalue weighted by Gasteiger charge is -2.32. The highest BCUT2D eigenvalue weighted by Gasteiger charge is 2.36. The zero-order chi connectivity index (χ0) is 22.9. The third-order valence-corrected chi connectivity index (χ3v) is 5.60. The maximum Gasteiger partial charge on any atom is 0.418 e. The smallest absolute Gasteiger partial charge is 0.372 e. The minimum Gasteiger partial charge on any atom is -0.372 e. The van der Waals surface area contributed by atoms with Gasteiger partial charge in [0, 0.05) is 42.3 Å². The van der Waals surface area contributed by atoms with E-state index < -0.39 is 11.7 Å². The Kier molecular flexibility index (Phi) is 5.74. The van der Waals surface area contributed by atoms with E-state index in [0.29, 0.717) is 54.4 Å². The van der Waals surface area contributed by atoms with Gasteiger partial charge in [-0.25, -0.2) is 10.2 Å². The number of rotatable bonds is 4. The first kappa shape index (κ1) is 21.6. The fraction of sp³-hybridized carbons (Fsp3) is 0.273. The molecule has 6 nitrogen and oxygen atoms in total. The number of hydrogen-bond donors (Lipinski definition) is 1. The normalized spacial score (nSPS) is 14.3. The van der Waals surface area contributed by atoms with Crippen LogP contribution in [0.1, 0.15) is 21.6 Å². The van der Waals surface area contributed by atoms with Crippen molar-refractivity contribution in [3.8, 4) is 5.97 Å². The molecule has 10 heteroatoms. The average Bonchev–Trinajstić information content (AvgIpc) is 2.79. The molecule has 0 spiro atoms. The van der Waals surface area contributed by atoms with Crippen molar-refractivity contribution in [1.82, 2.24) is 9.97 Å². The van der Waals surface area contributed by atoms with Crippen LogP contribution < -0.4 is 10.2 Å². The van der Waals surface area contributed by atoms with Crippen molar-refractivity contribution in [3.05, 3.63) is 53.3 Å². The maximum absolute atomic E-state index is 13.9. The van der Waals surface area contributed by atoms with E-state index in [-0.39, 0.29) is 23.7 Å². The summed E-state index contributed by atoms with van der Waals surface area (Å²) in [4.78, 5) is 21.9. The van der Waals surface area contributed by atoms with Gasteiger partial charge in [-0.3, -0.25) is 9.78 Å². The van der Waals surface area contributed by atoms with Crippen LogP contribution in [-0.2, 0) is 6.18 Å². The number of aldehydes is 1. The molecule has 1 aromatic carbocycles. The molecule has 0 radical (unpaired) electrons. The van der Waals surface area contributed by atoms with Gasteiger partial charge < -0.3 is 10.2 Å².